The Morgan fingerprint density at radius 3 is 2.52 bits per heavy atom. The predicted octanol–water partition coefficient (Wildman–Crippen LogP) is 6.20. The van der Waals surface area contributed by atoms with Crippen molar-refractivity contribution in [2.75, 3.05) is 5.32 Å². The van der Waals surface area contributed by atoms with Gasteiger partial charge in [0.25, 0.3) is 5.56 Å². The van der Waals surface area contributed by atoms with Crippen LogP contribution in [0.15, 0.2) is 59.8 Å². The highest BCUT2D eigenvalue weighted by Gasteiger charge is 2.27. The van der Waals surface area contributed by atoms with Gasteiger partial charge in [0, 0.05) is 41.9 Å². The molecule has 12 heteroatoms. The van der Waals surface area contributed by atoms with Crippen molar-refractivity contribution in [2.24, 2.45) is 7.05 Å². The van der Waals surface area contributed by atoms with Crippen molar-refractivity contribution in [3.8, 4) is 11.1 Å². The van der Waals surface area contributed by atoms with Crippen LogP contribution in [0.4, 0.5) is 10.5 Å². The Morgan fingerprint density at radius 1 is 1.09 bits per heavy atom. The van der Waals surface area contributed by atoms with E-state index in [9.17, 15) is 14.7 Å². The molecule has 1 unspecified atom stereocenters. The van der Waals surface area contributed by atoms with Gasteiger partial charge in [-0.1, -0.05) is 17.7 Å². The molecule has 6 rings (SSSR count). The van der Waals surface area contributed by atoms with E-state index in [0.29, 0.717) is 22.8 Å². The van der Waals surface area contributed by atoms with Crippen molar-refractivity contribution < 1.29 is 14.6 Å². The minimum absolute atomic E-state index is 0.0919. The first-order valence-electron chi connectivity index (χ1n) is 15.3. The average molecular weight is 644 g/mol. The van der Waals surface area contributed by atoms with E-state index in [1.54, 1.807) is 44.2 Å². The Balaban J connectivity index is 1.28. The number of ether oxygens (including phenoxy) is 1. The van der Waals surface area contributed by atoms with Crippen LogP contribution < -0.4 is 10.9 Å². The van der Waals surface area contributed by atoms with Gasteiger partial charge in [-0.25, -0.2) is 14.8 Å². The molecule has 0 saturated heterocycles. The lowest BCUT2D eigenvalue weighted by atomic mass is 9.93. The van der Waals surface area contributed by atoms with Crippen molar-refractivity contribution in [3.63, 3.8) is 0 Å². The monoisotopic (exact) mass is 643 g/mol. The van der Waals surface area contributed by atoms with E-state index in [-0.39, 0.29) is 11.6 Å². The van der Waals surface area contributed by atoms with Crippen molar-refractivity contribution in [1.29, 1.82) is 0 Å². The molecular formula is C34H38ClN7O4. The molecule has 1 aliphatic rings. The number of halogens is 1. The Bertz CT molecular complexity index is 2000. The number of nitrogens with zero attached hydrogens (tertiary/aromatic N) is 6. The Kier molecular flexibility index (Phi) is 8.02. The zero-order valence-electron chi connectivity index (χ0n) is 26.8. The van der Waals surface area contributed by atoms with Crippen LogP contribution in [0, 0.1) is 0 Å². The van der Waals surface area contributed by atoms with Crippen LogP contribution in [0.5, 0.6) is 0 Å². The highest BCUT2D eigenvalue weighted by atomic mass is 35.5. The molecule has 5 aromatic rings. The standard InChI is InChI=1S/C34H38ClN7O4/c1-33(2,3)46-32(44)41-18-21-8-7-9-27(29(21)39-41)38-24-11-13-26(35)22(14-24)19-42-28-15-20(10-12-25(28)30(43)40(42)6)23-16-36-31(37-17-23)34(4,5)45/h10-18,27,38,45H,7-9,19H2,1-6H3. The summed E-state index contributed by atoms with van der Waals surface area (Å²) in [5, 5.41) is 19.6. The van der Waals surface area contributed by atoms with E-state index in [4.69, 9.17) is 16.3 Å². The van der Waals surface area contributed by atoms with Gasteiger partial charge in [-0.3, -0.25) is 14.2 Å². The molecule has 1 atom stereocenters. The minimum Gasteiger partial charge on any atom is -0.442 e. The number of aliphatic hydroxyl groups is 1. The van der Waals surface area contributed by atoms with Crippen molar-refractivity contribution in [1.82, 2.24) is 29.1 Å². The van der Waals surface area contributed by atoms with Crippen LogP contribution in [-0.2, 0) is 30.4 Å². The molecule has 0 aliphatic heterocycles. The van der Waals surface area contributed by atoms with Crippen LogP contribution in [0.25, 0.3) is 22.0 Å². The van der Waals surface area contributed by atoms with Gasteiger partial charge < -0.3 is 15.2 Å². The Labute approximate surface area is 271 Å². The summed E-state index contributed by atoms with van der Waals surface area (Å²) in [6.45, 7) is 9.12. The molecule has 240 valence electrons. The topological polar surface area (TPSA) is 129 Å². The third kappa shape index (κ3) is 6.29. The first-order valence-corrected chi connectivity index (χ1v) is 15.7. The molecule has 2 N–H and O–H groups in total. The number of carbonyl (C=O) groups excluding carboxylic acids is 1. The molecule has 0 amide bonds. The molecule has 0 saturated carbocycles. The van der Waals surface area contributed by atoms with Gasteiger partial charge >= 0.3 is 6.09 Å². The lowest BCUT2D eigenvalue weighted by Crippen LogP contribution is -2.27. The van der Waals surface area contributed by atoms with E-state index in [1.807, 2.05) is 61.9 Å². The van der Waals surface area contributed by atoms with E-state index >= 15 is 0 Å². The maximum atomic E-state index is 13.2. The highest BCUT2D eigenvalue weighted by molar-refractivity contribution is 6.31. The summed E-state index contributed by atoms with van der Waals surface area (Å²) in [6, 6.07) is 11.3. The van der Waals surface area contributed by atoms with Gasteiger partial charge in [-0.15, -0.1) is 0 Å². The van der Waals surface area contributed by atoms with E-state index in [1.165, 1.54) is 4.68 Å². The average Bonchev–Trinajstić information content (AvgIpc) is 3.54. The molecule has 1 aliphatic carbocycles. The van der Waals surface area contributed by atoms with Crippen LogP contribution in [-0.4, -0.2) is 45.9 Å². The SMILES string of the molecule is Cn1c(=O)c2ccc(-c3cnc(C(C)(C)O)nc3)cc2n1Cc1cc(NC2CCCc3cn(C(=O)OC(C)(C)C)nc32)ccc1Cl. The number of anilines is 1. The van der Waals surface area contributed by atoms with Gasteiger partial charge in [-0.2, -0.15) is 9.78 Å². The largest absolute Gasteiger partial charge is 0.442 e. The number of nitrogens with one attached hydrogen (secondary N) is 1. The molecule has 46 heavy (non-hydrogen) atoms. The number of aryl methyl sites for hydroxylation is 1. The molecule has 0 bridgehead atoms. The molecule has 0 fully saturated rings. The Hall–Kier alpha value is -4.48. The van der Waals surface area contributed by atoms with E-state index in [0.717, 1.165) is 58.4 Å². The number of hydrogen-bond donors (Lipinski definition) is 2. The summed E-state index contributed by atoms with van der Waals surface area (Å²) < 4.78 is 10.3. The molecular weight excluding hydrogens is 606 g/mol. The van der Waals surface area contributed by atoms with Crippen LogP contribution in [0.2, 0.25) is 5.02 Å². The van der Waals surface area contributed by atoms with Crippen LogP contribution >= 0.6 is 11.6 Å². The number of benzene rings is 2. The Morgan fingerprint density at radius 2 is 1.83 bits per heavy atom. The summed E-state index contributed by atoms with van der Waals surface area (Å²) in [5.41, 5.74) is 4.02. The minimum atomic E-state index is -1.15. The highest BCUT2D eigenvalue weighted by Crippen LogP contribution is 2.33. The summed E-state index contributed by atoms with van der Waals surface area (Å²) in [4.78, 5) is 34.6. The second kappa shape index (κ2) is 11.7. The smallest absolute Gasteiger partial charge is 0.435 e. The lowest BCUT2D eigenvalue weighted by Gasteiger charge is -2.24. The first-order chi connectivity index (χ1) is 21.7. The fourth-order valence-electron chi connectivity index (χ4n) is 5.77. The van der Waals surface area contributed by atoms with Crippen molar-refractivity contribution in [2.45, 2.75) is 77.7 Å². The van der Waals surface area contributed by atoms with Crippen LogP contribution in [0.3, 0.4) is 0 Å². The number of rotatable bonds is 6. The summed E-state index contributed by atoms with van der Waals surface area (Å²) in [6.07, 6.45) is 7.27. The van der Waals surface area contributed by atoms with Gasteiger partial charge in [0.2, 0.25) is 0 Å². The van der Waals surface area contributed by atoms with Crippen LogP contribution in [0.1, 0.15) is 76.1 Å². The fraction of sp³-hybridized carbons (Fsp3) is 0.382. The second-order valence-electron chi connectivity index (χ2n) is 13.3. The molecule has 11 nitrogen and oxygen atoms in total. The number of hydrogen-bond acceptors (Lipinski definition) is 8. The molecule has 0 radical (unpaired) electrons. The van der Waals surface area contributed by atoms with Gasteiger partial charge in [0.05, 0.1) is 29.2 Å². The molecule has 0 spiro atoms. The van der Waals surface area contributed by atoms with Gasteiger partial charge in [0.15, 0.2) is 5.82 Å². The maximum absolute atomic E-state index is 13.2. The maximum Gasteiger partial charge on any atom is 0.435 e. The van der Waals surface area contributed by atoms with E-state index < -0.39 is 17.3 Å². The zero-order valence-corrected chi connectivity index (χ0v) is 27.6. The lowest BCUT2D eigenvalue weighted by molar-refractivity contribution is 0.0513. The van der Waals surface area contributed by atoms with Gasteiger partial charge in [-0.05, 0) is 101 Å². The molecule has 3 heterocycles. The second-order valence-corrected chi connectivity index (χ2v) is 13.7. The van der Waals surface area contributed by atoms with Crippen molar-refractivity contribution in [3.05, 3.63) is 93.0 Å². The van der Waals surface area contributed by atoms with Crippen molar-refractivity contribution >= 4 is 34.3 Å². The van der Waals surface area contributed by atoms with Gasteiger partial charge in [0.1, 0.15) is 11.2 Å². The number of fused-ring (bicyclic) bond motifs is 2. The summed E-state index contributed by atoms with van der Waals surface area (Å²) in [7, 11) is 1.74. The molecule has 3 aromatic heterocycles. The normalized spacial score (nSPS) is 15.2. The fourth-order valence-corrected chi connectivity index (χ4v) is 5.95. The number of carbonyl (C=O) groups is 1. The number of aromatic nitrogens is 6. The van der Waals surface area contributed by atoms with E-state index in [2.05, 4.69) is 20.4 Å². The predicted molar refractivity (Wildman–Crippen MR) is 177 cm³/mol. The molecule has 2 aromatic carbocycles. The third-order valence-electron chi connectivity index (χ3n) is 8.07. The summed E-state index contributed by atoms with van der Waals surface area (Å²) >= 11 is 6.72. The third-order valence-corrected chi connectivity index (χ3v) is 8.44. The zero-order chi connectivity index (χ0) is 33.0. The quantitative estimate of drug-likeness (QED) is 0.224. The summed E-state index contributed by atoms with van der Waals surface area (Å²) in [5.74, 6) is 0.331. The first kappa shape index (κ1) is 31.5.